The lowest BCUT2D eigenvalue weighted by atomic mass is 10.1. The number of nitrogens with one attached hydrogen (secondary N) is 1. The lowest BCUT2D eigenvalue weighted by Gasteiger charge is -2.19. The monoisotopic (exact) mass is 286 g/mol. The number of aryl methyl sites for hydroxylation is 1. The van der Waals surface area contributed by atoms with Gasteiger partial charge in [0.15, 0.2) is 0 Å². The van der Waals surface area contributed by atoms with Crippen molar-refractivity contribution in [2.45, 2.75) is 32.7 Å². The van der Waals surface area contributed by atoms with Gasteiger partial charge >= 0.3 is 0 Å². The first kappa shape index (κ1) is 15.4. The van der Waals surface area contributed by atoms with Gasteiger partial charge in [-0.3, -0.25) is 4.98 Å². The fourth-order valence-corrected chi connectivity index (χ4v) is 2.09. The van der Waals surface area contributed by atoms with E-state index in [0.29, 0.717) is 12.5 Å². The van der Waals surface area contributed by atoms with Crippen LogP contribution in [0.2, 0.25) is 0 Å². The molecule has 5 heteroatoms. The van der Waals surface area contributed by atoms with Gasteiger partial charge in [-0.2, -0.15) is 0 Å². The molecule has 0 aliphatic carbocycles. The molecule has 0 aliphatic rings. The molecule has 21 heavy (non-hydrogen) atoms. The van der Waals surface area contributed by atoms with Gasteiger partial charge in [0.1, 0.15) is 11.6 Å². The second-order valence-electron chi connectivity index (χ2n) is 5.29. The molecule has 0 amide bonds. The minimum atomic E-state index is -0.0366. The number of ether oxygens (including phenoxy) is 1. The van der Waals surface area contributed by atoms with Crippen molar-refractivity contribution in [2.75, 3.05) is 19.0 Å². The fraction of sp³-hybridized carbons (Fsp3) is 0.438. The van der Waals surface area contributed by atoms with Crippen molar-refractivity contribution in [3.8, 4) is 0 Å². The van der Waals surface area contributed by atoms with Crippen LogP contribution in [0.4, 0.5) is 5.82 Å². The lowest BCUT2D eigenvalue weighted by Crippen LogP contribution is -2.19. The van der Waals surface area contributed by atoms with Crippen LogP contribution in [0.3, 0.4) is 0 Å². The van der Waals surface area contributed by atoms with Gasteiger partial charge in [-0.15, -0.1) is 0 Å². The number of aromatic nitrogens is 3. The van der Waals surface area contributed by atoms with E-state index >= 15 is 0 Å². The number of hydrogen-bond donors (Lipinski definition) is 1. The highest BCUT2D eigenvalue weighted by atomic mass is 16.5. The molecule has 0 bridgehead atoms. The van der Waals surface area contributed by atoms with E-state index in [9.17, 15) is 0 Å². The number of hydrogen-bond acceptors (Lipinski definition) is 5. The number of nitrogens with zero attached hydrogens (tertiary/aromatic N) is 3. The van der Waals surface area contributed by atoms with Crippen molar-refractivity contribution in [1.82, 2.24) is 15.0 Å². The summed E-state index contributed by atoms with van der Waals surface area (Å²) in [7, 11) is 1.68. The molecule has 2 rings (SSSR count). The van der Waals surface area contributed by atoms with Gasteiger partial charge in [0.25, 0.3) is 0 Å². The predicted molar refractivity (Wildman–Crippen MR) is 83.3 cm³/mol. The largest absolute Gasteiger partial charge is 0.382 e. The van der Waals surface area contributed by atoms with Crippen LogP contribution in [-0.2, 0) is 4.74 Å². The van der Waals surface area contributed by atoms with Crippen LogP contribution in [0.5, 0.6) is 0 Å². The van der Waals surface area contributed by atoms with Gasteiger partial charge in [0, 0.05) is 25.1 Å². The molecule has 0 spiro atoms. The number of methoxy groups -OCH3 is 1. The van der Waals surface area contributed by atoms with Gasteiger partial charge in [0.2, 0.25) is 0 Å². The van der Waals surface area contributed by atoms with Gasteiger partial charge in [-0.25, -0.2) is 9.97 Å². The third kappa shape index (κ3) is 4.23. The molecule has 0 radical (unpaired) electrons. The van der Waals surface area contributed by atoms with Crippen LogP contribution in [0.25, 0.3) is 0 Å². The highest BCUT2D eigenvalue weighted by Crippen LogP contribution is 2.20. The Balaban J connectivity index is 2.25. The molecular formula is C16H22N4O. The van der Waals surface area contributed by atoms with E-state index in [1.54, 1.807) is 13.3 Å². The molecule has 2 aromatic heterocycles. The molecular weight excluding hydrogens is 264 g/mol. The standard InChI is InChI=1S/C16H22N4O/c1-11(2)14-9-16(19-12(3)18-14)20-15(10-21-4)13-7-5-6-8-17-13/h5-9,11,15H,10H2,1-4H3,(H,18,19,20). The second kappa shape index (κ2) is 7.13. The minimum absolute atomic E-state index is 0.0366. The summed E-state index contributed by atoms with van der Waals surface area (Å²) < 4.78 is 5.29. The molecule has 1 N–H and O–H groups in total. The summed E-state index contributed by atoms with van der Waals surface area (Å²) in [4.78, 5) is 13.3. The van der Waals surface area contributed by atoms with Crippen molar-refractivity contribution < 1.29 is 4.74 Å². The Bertz CT molecular complexity index is 572. The molecule has 1 unspecified atom stereocenters. The summed E-state index contributed by atoms with van der Waals surface area (Å²) in [5.41, 5.74) is 1.96. The third-order valence-corrected chi connectivity index (χ3v) is 3.15. The Hall–Kier alpha value is -2.01. The normalized spacial score (nSPS) is 12.4. The number of pyridine rings is 1. The maximum absolute atomic E-state index is 5.29. The van der Waals surface area contributed by atoms with Gasteiger partial charge < -0.3 is 10.1 Å². The van der Waals surface area contributed by atoms with Crippen LogP contribution in [-0.4, -0.2) is 28.7 Å². The molecule has 0 aliphatic heterocycles. The Labute approximate surface area is 125 Å². The zero-order valence-electron chi connectivity index (χ0n) is 13.0. The molecule has 2 heterocycles. The summed E-state index contributed by atoms with van der Waals surface area (Å²) in [6.45, 7) is 6.67. The highest BCUT2D eigenvalue weighted by Gasteiger charge is 2.14. The SMILES string of the molecule is COCC(Nc1cc(C(C)C)nc(C)n1)c1ccccn1. The topological polar surface area (TPSA) is 59.9 Å². The fourth-order valence-electron chi connectivity index (χ4n) is 2.09. The molecule has 0 aromatic carbocycles. The maximum atomic E-state index is 5.29. The Morgan fingerprint density at radius 3 is 2.62 bits per heavy atom. The molecule has 0 fully saturated rings. The first-order valence-electron chi connectivity index (χ1n) is 7.12. The zero-order valence-corrected chi connectivity index (χ0v) is 13.0. The van der Waals surface area contributed by atoms with Crippen LogP contribution in [0.1, 0.15) is 43.0 Å². The summed E-state index contributed by atoms with van der Waals surface area (Å²) in [6.07, 6.45) is 1.78. The third-order valence-electron chi connectivity index (χ3n) is 3.15. The lowest BCUT2D eigenvalue weighted by molar-refractivity contribution is 0.185. The van der Waals surface area contributed by atoms with E-state index in [1.807, 2.05) is 31.2 Å². The molecule has 112 valence electrons. The summed E-state index contributed by atoms with van der Waals surface area (Å²) in [5.74, 6) is 1.93. The van der Waals surface area contributed by atoms with Crippen LogP contribution in [0, 0.1) is 6.92 Å². The molecule has 2 aromatic rings. The average Bonchev–Trinajstić information content (AvgIpc) is 2.47. The smallest absolute Gasteiger partial charge is 0.130 e. The average molecular weight is 286 g/mol. The first-order valence-corrected chi connectivity index (χ1v) is 7.12. The minimum Gasteiger partial charge on any atom is -0.382 e. The van der Waals surface area contributed by atoms with Gasteiger partial charge in [0.05, 0.1) is 18.3 Å². The van der Waals surface area contributed by atoms with Crippen molar-refractivity contribution >= 4 is 5.82 Å². The van der Waals surface area contributed by atoms with E-state index in [2.05, 4.69) is 34.1 Å². The number of rotatable bonds is 6. The summed E-state index contributed by atoms with van der Waals surface area (Å²) >= 11 is 0. The summed E-state index contributed by atoms with van der Waals surface area (Å²) in [5, 5.41) is 3.39. The van der Waals surface area contributed by atoms with Crippen LogP contribution >= 0.6 is 0 Å². The van der Waals surface area contributed by atoms with Crippen molar-refractivity contribution in [2.24, 2.45) is 0 Å². The number of anilines is 1. The molecule has 1 atom stereocenters. The van der Waals surface area contributed by atoms with Crippen molar-refractivity contribution in [3.63, 3.8) is 0 Å². The van der Waals surface area contributed by atoms with Crippen LogP contribution in [0.15, 0.2) is 30.5 Å². The second-order valence-corrected chi connectivity index (χ2v) is 5.29. The van der Waals surface area contributed by atoms with Gasteiger partial charge in [-0.05, 0) is 25.0 Å². The quantitative estimate of drug-likeness (QED) is 0.884. The van der Waals surface area contributed by atoms with E-state index in [-0.39, 0.29) is 6.04 Å². The van der Waals surface area contributed by atoms with E-state index in [0.717, 1.165) is 23.0 Å². The highest BCUT2D eigenvalue weighted by molar-refractivity contribution is 5.39. The Morgan fingerprint density at radius 1 is 1.19 bits per heavy atom. The zero-order chi connectivity index (χ0) is 15.2. The Kier molecular flexibility index (Phi) is 5.22. The maximum Gasteiger partial charge on any atom is 0.130 e. The van der Waals surface area contributed by atoms with Crippen molar-refractivity contribution in [1.29, 1.82) is 0 Å². The summed E-state index contributed by atoms with van der Waals surface area (Å²) in [6, 6.07) is 7.80. The van der Waals surface area contributed by atoms with E-state index in [4.69, 9.17) is 4.74 Å². The van der Waals surface area contributed by atoms with E-state index in [1.165, 1.54) is 0 Å². The van der Waals surface area contributed by atoms with Gasteiger partial charge in [-0.1, -0.05) is 19.9 Å². The van der Waals surface area contributed by atoms with Crippen LogP contribution < -0.4 is 5.32 Å². The molecule has 0 saturated heterocycles. The molecule has 0 saturated carbocycles. The Morgan fingerprint density at radius 2 is 2.00 bits per heavy atom. The molecule has 5 nitrogen and oxygen atoms in total. The van der Waals surface area contributed by atoms with Crippen molar-refractivity contribution in [3.05, 3.63) is 47.7 Å². The predicted octanol–water partition coefficient (Wildman–Crippen LogP) is 3.10. The first-order chi connectivity index (χ1) is 10.1. The van der Waals surface area contributed by atoms with E-state index < -0.39 is 0 Å².